The predicted octanol–water partition coefficient (Wildman–Crippen LogP) is 3.22. The molecule has 2 heterocycles. The van der Waals surface area contributed by atoms with E-state index in [1.54, 1.807) is 24.3 Å². The van der Waals surface area contributed by atoms with Gasteiger partial charge < -0.3 is 9.52 Å². The summed E-state index contributed by atoms with van der Waals surface area (Å²) in [5.74, 6) is -1.36. The van der Waals surface area contributed by atoms with Crippen molar-refractivity contribution in [2.75, 3.05) is 5.32 Å². The molecule has 0 saturated heterocycles. The third-order valence-electron chi connectivity index (χ3n) is 4.18. The largest absolute Gasteiger partial charge is 0.478 e. The fourth-order valence-electron chi connectivity index (χ4n) is 2.43. The summed E-state index contributed by atoms with van der Waals surface area (Å²) in [6.45, 7) is 2.97. The summed E-state index contributed by atoms with van der Waals surface area (Å²) in [5, 5.41) is 19.6. The summed E-state index contributed by atoms with van der Waals surface area (Å²) in [7, 11) is -3.69. The fraction of sp³-hybridized carbons (Fsp3) is 0.150. The van der Waals surface area contributed by atoms with Crippen LogP contribution in [0.4, 0.5) is 5.13 Å². The topological polar surface area (TPSA) is 163 Å². The molecule has 0 aliphatic rings. The average Bonchev–Trinajstić information content (AvgIpc) is 3.42. The number of nitriles is 1. The summed E-state index contributed by atoms with van der Waals surface area (Å²) in [6, 6.07) is 11.0. The van der Waals surface area contributed by atoms with Crippen molar-refractivity contribution in [1.82, 2.24) is 9.36 Å². The number of aromatic carboxylic acids is 1. The van der Waals surface area contributed by atoms with Crippen molar-refractivity contribution in [2.45, 2.75) is 24.3 Å². The number of carbonyl (C=O) groups excluding carboxylic acids is 1. The van der Waals surface area contributed by atoms with Gasteiger partial charge in [0.05, 0.1) is 10.8 Å². The molecule has 0 saturated carbocycles. The second-order valence-electron chi connectivity index (χ2n) is 6.69. The molecule has 12 heteroatoms. The van der Waals surface area contributed by atoms with Crippen molar-refractivity contribution in [3.05, 3.63) is 53.3 Å². The molecule has 0 aliphatic heterocycles. The van der Waals surface area contributed by atoms with E-state index in [1.165, 1.54) is 38.1 Å². The van der Waals surface area contributed by atoms with Crippen LogP contribution in [0.1, 0.15) is 30.0 Å². The Morgan fingerprint density at radius 1 is 1.28 bits per heavy atom. The van der Waals surface area contributed by atoms with Crippen LogP contribution in [0.2, 0.25) is 0 Å². The standard InChI is InChI=1S/C20H16N4O6S2/c1-11(2)32(28,29)20-23-19(31-24-20)22-17(25)14(10-21)9-15-6-7-16(30-15)12-4-3-5-13(8-12)18(26)27/h3-9,11H,1-2H3,(H,26,27)(H,22,23,24,25)/b14-9-. The Labute approximate surface area is 186 Å². The molecule has 3 aromatic rings. The van der Waals surface area contributed by atoms with Crippen LogP contribution >= 0.6 is 11.5 Å². The predicted molar refractivity (Wildman–Crippen MR) is 116 cm³/mol. The van der Waals surface area contributed by atoms with E-state index >= 15 is 0 Å². The maximum atomic E-state index is 12.4. The number of nitrogens with zero attached hydrogens (tertiary/aromatic N) is 3. The molecule has 2 N–H and O–H groups in total. The van der Waals surface area contributed by atoms with Gasteiger partial charge in [0.1, 0.15) is 23.2 Å². The van der Waals surface area contributed by atoms with Gasteiger partial charge in [0.15, 0.2) is 0 Å². The van der Waals surface area contributed by atoms with Crippen molar-refractivity contribution < 1.29 is 27.5 Å². The summed E-state index contributed by atoms with van der Waals surface area (Å²) >= 11 is 0.681. The van der Waals surface area contributed by atoms with E-state index in [0.29, 0.717) is 22.9 Å². The van der Waals surface area contributed by atoms with Gasteiger partial charge in [-0.15, -0.1) is 0 Å². The molecule has 0 aliphatic carbocycles. The van der Waals surface area contributed by atoms with Gasteiger partial charge in [0.2, 0.25) is 15.0 Å². The quantitative estimate of drug-likeness (QED) is 0.388. The van der Waals surface area contributed by atoms with Gasteiger partial charge in [-0.3, -0.25) is 10.1 Å². The van der Waals surface area contributed by atoms with Crippen molar-refractivity contribution in [2.24, 2.45) is 0 Å². The Kier molecular flexibility index (Phi) is 6.52. The highest BCUT2D eigenvalue weighted by Gasteiger charge is 2.25. The monoisotopic (exact) mass is 472 g/mol. The summed E-state index contributed by atoms with van der Waals surface area (Å²) in [5.41, 5.74) is 0.290. The Hall–Kier alpha value is -3.82. The number of carbonyl (C=O) groups is 2. The summed E-state index contributed by atoms with van der Waals surface area (Å²) in [6.07, 6.45) is 1.20. The molecule has 0 radical (unpaired) electrons. The smallest absolute Gasteiger partial charge is 0.335 e. The van der Waals surface area contributed by atoms with Gasteiger partial charge in [0.25, 0.3) is 11.1 Å². The lowest BCUT2D eigenvalue weighted by Gasteiger charge is -2.02. The molecule has 2 aromatic heterocycles. The number of carboxylic acid groups (broad SMARTS) is 1. The molecular formula is C20H16N4O6S2. The molecule has 0 atom stereocenters. The normalized spacial score (nSPS) is 11.9. The Morgan fingerprint density at radius 2 is 2.03 bits per heavy atom. The number of amides is 1. The SMILES string of the molecule is CC(C)S(=O)(=O)c1nsc(NC(=O)/C(C#N)=C\c2ccc(-c3cccc(C(=O)O)c3)o2)n1. The first-order valence-electron chi connectivity index (χ1n) is 9.06. The zero-order valence-electron chi connectivity index (χ0n) is 16.8. The van der Waals surface area contributed by atoms with E-state index in [9.17, 15) is 23.3 Å². The summed E-state index contributed by atoms with van der Waals surface area (Å²) in [4.78, 5) is 27.4. The van der Waals surface area contributed by atoms with Crippen LogP contribution in [0.3, 0.4) is 0 Å². The van der Waals surface area contributed by atoms with Crippen molar-refractivity contribution in [3.63, 3.8) is 0 Å². The first kappa shape index (κ1) is 22.9. The van der Waals surface area contributed by atoms with Crippen LogP contribution in [-0.2, 0) is 14.6 Å². The molecule has 10 nitrogen and oxygen atoms in total. The molecule has 3 rings (SSSR count). The van der Waals surface area contributed by atoms with Crippen LogP contribution in [0.15, 0.2) is 51.5 Å². The number of hydrogen-bond acceptors (Lipinski definition) is 9. The zero-order valence-corrected chi connectivity index (χ0v) is 18.4. The number of anilines is 1. The van der Waals surface area contributed by atoms with Gasteiger partial charge in [-0.05, 0) is 38.1 Å². The minimum Gasteiger partial charge on any atom is -0.478 e. The molecular weight excluding hydrogens is 456 g/mol. The lowest BCUT2D eigenvalue weighted by molar-refractivity contribution is -0.112. The molecule has 0 bridgehead atoms. The molecule has 164 valence electrons. The highest BCUT2D eigenvalue weighted by Crippen LogP contribution is 2.25. The van der Waals surface area contributed by atoms with Crippen LogP contribution < -0.4 is 5.32 Å². The first-order valence-corrected chi connectivity index (χ1v) is 11.4. The maximum absolute atomic E-state index is 12.4. The second kappa shape index (κ2) is 9.13. The fourth-order valence-corrected chi connectivity index (χ4v) is 4.13. The number of sulfone groups is 1. The molecule has 1 aromatic carbocycles. The third-order valence-corrected chi connectivity index (χ3v) is 6.85. The van der Waals surface area contributed by atoms with E-state index in [4.69, 9.17) is 9.52 Å². The second-order valence-corrected chi connectivity index (χ2v) is 9.84. The minimum atomic E-state index is -3.69. The number of rotatable bonds is 7. The van der Waals surface area contributed by atoms with Gasteiger partial charge in [0, 0.05) is 23.2 Å². The molecule has 32 heavy (non-hydrogen) atoms. The zero-order chi connectivity index (χ0) is 23.5. The number of benzene rings is 1. The number of nitrogens with one attached hydrogen (secondary N) is 1. The maximum Gasteiger partial charge on any atom is 0.335 e. The molecule has 0 unspecified atom stereocenters. The van der Waals surface area contributed by atoms with E-state index in [1.807, 2.05) is 0 Å². The van der Waals surface area contributed by atoms with E-state index in [2.05, 4.69) is 14.7 Å². The van der Waals surface area contributed by atoms with Crippen molar-refractivity contribution >= 4 is 44.5 Å². The molecule has 0 spiro atoms. The lowest BCUT2D eigenvalue weighted by atomic mass is 10.1. The minimum absolute atomic E-state index is 0.0685. The van der Waals surface area contributed by atoms with E-state index < -0.39 is 32.1 Å². The van der Waals surface area contributed by atoms with Gasteiger partial charge >= 0.3 is 5.97 Å². The lowest BCUT2D eigenvalue weighted by Crippen LogP contribution is -2.16. The van der Waals surface area contributed by atoms with Crippen molar-refractivity contribution in [3.8, 4) is 17.4 Å². The average molecular weight is 473 g/mol. The Balaban J connectivity index is 1.79. The molecule has 0 fully saturated rings. The first-order chi connectivity index (χ1) is 15.1. The third kappa shape index (κ3) is 4.90. The highest BCUT2D eigenvalue weighted by atomic mass is 32.2. The summed E-state index contributed by atoms with van der Waals surface area (Å²) < 4.78 is 33.6. The van der Waals surface area contributed by atoms with Gasteiger partial charge in [-0.25, -0.2) is 13.2 Å². The van der Waals surface area contributed by atoms with E-state index in [0.717, 1.165) is 0 Å². The molecule has 1 amide bonds. The van der Waals surface area contributed by atoms with E-state index in [-0.39, 0.29) is 22.0 Å². The number of aromatic nitrogens is 2. The Morgan fingerprint density at radius 3 is 2.69 bits per heavy atom. The van der Waals surface area contributed by atoms with Gasteiger partial charge in [-0.2, -0.15) is 14.6 Å². The number of carboxylic acids is 1. The van der Waals surface area contributed by atoms with Crippen LogP contribution in [-0.4, -0.2) is 40.0 Å². The number of furan rings is 1. The highest BCUT2D eigenvalue weighted by molar-refractivity contribution is 7.91. The van der Waals surface area contributed by atoms with Crippen LogP contribution in [0.5, 0.6) is 0 Å². The number of hydrogen-bond donors (Lipinski definition) is 2. The Bertz CT molecular complexity index is 1360. The van der Waals surface area contributed by atoms with Gasteiger partial charge in [-0.1, -0.05) is 12.1 Å². The van der Waals surface area contributed by atoms with Crippen LogP contribution in [0.25, 0.3) is 17.4 Å². The van der Waals surface area contributed by atoms with Crippen molar-refractivity contribution in [1.29, 1.82) is 5.26 Å². The van der Waals surface area contributed by atoms with Crippen LogP contribution in [0, 0.1) is 11.3 Å².